The van der Waals surface area contributed by atoms with Gasteiger partial charge in [0, 0.05) is 23.5 Å². The van der Waals surface area contributed by atoms with Crippen molar-refractivity contribution in [3.05, 3.63) is 64.2 Å². The van der Waals surface area contributed by atoms with E-state index in [2.05, 4.69) is 43.4 Å². The van der Waals surface area contributed by atoms with Gasteiger partial charge in [0.25, 0.3) is 0 Å². The number of fused-ring (bicyclic) bond motifs is 1. The van der Waals surface area contributed by atoms with Gasteiger partial charge in [0.2, 0.25) is 0 Å². The summed E-state index contributed by atoms with van der Waals surface area (Å²) in [7, 11) is 0. The quantitative estimate of drug-likeness (QED) is 0.386. The highest BCUT2D eigenvalue weighted by Crippen LogP contribution is 2.32. The lowest BCUT2D eigenvalue weighted by Crippen LogP contribution is -2.46. The van der Waals surface area contributed by atoms with Crippen LogP contribution in [0.1, 0.15) is 50.3 Å². The highest BCUT2D eigenvalue weighted by molar-refractivity contribution is 6.31. The highest BCUT2D eigenvalue weighted by atomic mass is 35.5. The van der Waals surface area contributed by atoms with Crippen molar-refractivity contribution in [3.63, 3.8) is 0 Å². The standard InChI is InChI=1S/C27H36ClNO4.ClH/c1-4-32-26(31)12-9-22-15-24(10-11-25(22)28)33-18-23(30)17-29-27(2,3)16-19-13-20-7-5-6-8-21(20)14-19;/h5-8,10-11,15,19,23,29-30H,4,9,12-14,16-18H2,1-3H3;1H/t23-;/m1./s1. The molecule has 0 unspecified atom stereocenters. The van der Waals surface area contributed by atoms with Crippen molar-refractivity contribution in [1.29, 1.82) is 0 Å². The predicted molar refractivity (Wildman–Crippen MR) is 139 cm³/mol. The van der Waals surface area contributed by atoms with Gasteiger partial charge in [-0.2, -0.15) is 0 Å². The number of carbonyl (C=O) groups excluding carboxylic acids is 1. The maximum Gasteiger partial charge on any atom is 0.306 e. The third-order valence-corrected chi connectivity index (χ3v) is 6.48. The second kappa shape index (κ2) is 13.3. The number of hydrogen-bond acceptors (Lipinski definition) is 5. The van der Waals surface area contributed by atoms with E-state index in [9.17, 15) is 9.90 Å². The van der Waals surface area contributed by atoms with Crippen molar-refractivity contribution in [2.75, 3.05) is 19.8 Å². The zero-order valence-electron chi connectivity index (χ0n) is 20.3. The van der Waals surface area contributed by atoms with Gasteiger partial charge in [0.05, 0.1) is 6.61 Å². The first-order chi connectivity index (χ1) is 15.8. The molecule has 188 valence electrons. The second-order valence-electron chi connectivity index (χ2n) is 9.53. The zero-order valence-corrected chi connectivity index (χ0v) is 21.9. The first-order valence-corrected chi connectivity index (χ1v) is 12.2. The molecule has 0 aliphatic heterocycles. The Hall–Kier alpha value is -1.79. The van der Waals surface area contributed by atoms with Gasteiger partial charge in [-0.05, 0) is 87.3 Å². The Morgan fingerprint density at radius 2 is 1.88 bits per heavy atom. The fourth-order valence-electron chi connectivity index (χ4n) is 4.54. The maximum absolute atomic E-state index is 11.6. The largest absolute Gasteiger partial charge is 0.491 e. The van der Waals surface area contributed by atoms with Gasteiger partial charge in [-0.15, -0.1) is 12.4 Å². The van der Waals surface area contributed by atoms with E-state index < -0.39 is 6.10 Å². The van der Waals surface area contributed by atoms with Crippen LogP contribution in [0, 0.1) is 5.92 Å². The molecular formula is C27H37Cl2NO4. The van der Waals surface area contributed by atoms with Crippen LogP contribution >= 0.6 is 24.0 Å². The van der Waals surface area contributed by atoms with E-state index >= 15 is 0 Å². The van der Waals surface area contributed by atoms with Crippen molar-refractivity contribution in [2.45, 2.75) is 64.5 Å². The first kappa shape index (κ1) is 28.4. The molecule has 2 aromatic rings. The van der Waals surface area contributed by atoms with Gasteiger partial charge in [0.1, 0.15) is 18.5 Å². The third-order valence-electron chi connectivity index (χ3n) is 6.11. The summed E-state index contributed by atoms with van der Waals surface area (Å²) in [4.78, 5) is 11.6. The molecule has 0 amide bonds. The summed E-state index contributed by atoms with van der Waals surface area (Å²) in [5.74, 6) is 1.01. The molecule has 5 nitrogen and oxygen atoms in total. The molecule has 0 aromatic heterocycles. The van der Waals surface area contributed by atoms with E-state index in [-0.39, 0.29) is 36.9 Å². The van der Waals surface area contributed by atoms with E-state index in [4.69, 9.17) is 21.1 Å². The number of aliphatic hydroxyl groups excluding tert-OH is 1. The molecule has 0 heterocycles. The molecule has 34 heavy (non-hydrogen) atoms. The maximum atomic E-state index is 11.6. The Morgan fingerprint density at radius 1 is 1.21 bits per heavy atom. The predicted octanol–water partition coefficient (Wildman–Crippen LogP) is 5.17. The van der Waals surface area contributed by atoms with Gasteiger partial charge in [-0.25, -0.2) is 0 Å². The fraction of sp³-hybridized carbons (Fsp3) is 0.519. The minimum absolute atomic E-state index is 0. The average Bonchev–Trinajstić information content (AvgIpc) is 3.18. The van der Waals surface area contributed by atoms with Crippen LogP contribution < -0.4 is 10.1 Å². The number of carbonyl (C=O) groups is 1. The van der Waals surface area contributed by atoms with E-state index in [1.54, 1.807) is 19.1 Å². The van der Waals surface area contributed by atoms with Crippen LogP contribution in [0.2, 0.25) is 5.02 Å². The highest BCUT2D eigenvalue weighted by Gasteiger charge is 2.28. The number of hydrogen-bond donors (Lipinski definition) is 2. The molecule has 2 aromatic carbocycles. The van der Waals surface area contributed by atoms with Crippen LogP contribution in [0.5, 0.6) is 5.75 Å². The van der Waals surface area contributed by atoms with Crippen LogP contribution in [-0.4, -0.2) is 42.5 Å². The lowest BCUT2D eigenvalue weighted by molar-refractivity contribution is -0.143. The summed E-state index contributed by atoms with van der Waals surface area (Å²) in [6, 6.07) is 14.0. The minimum atomic E-state index is -0.635. The van der Waals surface area contributed by atoms with Gasteiger partial charge < -0.3 is 19.9 Å². The summed E-state index contributed by atoms with van der Waals surface area (Å²) in [6.45, 7) is 7.17. The lowest BCUT2D eigenvalue weighted by atomic mass is 9.88. The van der Waals surface area contributed by atoms with Crippen molar-refractivity contribution in [2.24, 2.45) is 5.92 Å². The normalized spacial score (nSPS) is 14.3. The number of benzene rings is 2. The van der Waals surface area contributed by atoms with E-state index in [0.717, 1.165) is 24.8 Å². The number of ether oxygens (including phenoxy) is 2. The van der Waals surface area contributed by atoms with Crippen molar-refractivity contribution in [1.82, 2.24) is 5.32 Å². The number of β-amino-alcohol motifs (C(OH)–C–C–N with tert-alkyl or cyclic N) is 1. The Labute approximate surface area is 214 Å². The Morgan fingerprint density at radius 3 is 2.53 bits per heavy atom. The van der Waals surface area contributed by atoms with Crippen LogP contribution in [0.25, 0.3) is 0 Å². The van der Waals surface area contributed by atoms with E-state index in [1.807, 2.05) is 6.07 Å². The Bertz CT molecular complexity index is 910. The Kier molecular flexibility index (Phi) is 11.2. The molecule has 0 saturated carbocycles. The number of aliphatic hydroxyl groups is 1. The van der Waals surface area contributed by atoms with Gasteiger partial charge in [-0.1, -0.05) is 35.9 Å². The first-order valence-electron chi connectivity index (χ1n) is 11.8. The van der Waals surface area contributed by atoms with Crippen molar-refractivity contribution in [3.8, 4) is 5.75 Å². The summed E-state index contributed by atoms with van der Waals surface area (Å²) in [6.07, 6.45) is 3.42. The third kappa shape index (κ3) is 8.77. The van der Waals surface area contributed by atoms with E-state index in [0.29, 0.717) is 36.3 Å². The summed E-state index contributed by atoms with van der Waals surface area (Å²) >= 11 is 6.25. The zero-order chi connectivity index (χ0) is 23.8. The van der Waals surface area contributed by atoms with Gasteiger partial charge >= 0.3 is 5.97 Å². The van der Waals surface area contributed by atoms with Crippen LogP contribution in [0.3, 0.4) is 0 Å². The number of halogens is 2. The smallest absolute Gasteiger partial charge is 0.306 e. The van der Waals surface area contributed by atoms with Crippen LogP contribution in [0.4, 0.5) is 0 Å². The fourth-order valence-corrected chi connectivity index (χ4v) is 4.75. The average molecular weight is 511 g/mol. The molecule has 0 bridgehead atoms. The molecule has 7 heteroatoms. The summed E-state index contributed by atoms with van der Waals surface area (Å²) in [5, 5.41) is 14.6. The number of aryl methyl sites for hydroxylation is 1. The topological polar surface area (TPSA) is 67.8 Å². The summed E-state index contributed by atoms with van der Waals surface area (Å²) < 4.78 is 10.8. The molecular weight excluding hydrogens is 473 g/mol. The molecule has 1 aliphatic rings. The molecule has 0 fully saturated rings. The van der Waals surface area contributed by atoms with E-state index in [1.165, 1.54) is 11.1 Å². The number of nitrogens with one attached hydrogen (secondary N) is 1. The summed E-state index contributed by atoms with van der Waals surface area (Å²) in [5.41, 5.74) is 3.69. The SMILES string of the molecule is CCOC(=O)CCc1cc(OC[C@H](O)CNC(C)(C)CC2Cc3ccccc3C2)ccc1Cl.Cl. The molecule has 2 N–H and O–H groups in total. The number of esters is 1. The molecule has 0 saturated heterocycles. The molecule has 1 aliphatic carbocycles. The lowest BCUT2D eigenvalue weighted by Gasteiger charge is -2.30. The molecule has 0 spiro atoms. The second-order valence-corrected chi connectivity index (χ2v) is 9.94. The van der Waals surface area contributed by atoms with Gasteiger partial charge in [-0.3, -0.25) is 4.79 Å². The van der Waals surface area contributed by atoms with Crippen molar-refractivity contribution >= 4 is 30.0 Å². The number of rotatable bonds is 12. The minimum Gasteiger partial charge on any atom is -0.491 e. The Balaban J connectivity index is 0.00000408. The molecule has 3 rings (SSSR count). The van der Waals surface area contributed by atoms with Crippen LogP contribution in [0.15, 0.2) is 42.5 Å². The van der Waals surface area contributed by atoms with Crippen LogP contribution in [-0.2, 0) is 28.8 Å². The molecule has 0 radical (unpaired) electrons. The van der Waals surface area contributed by atoms with Gasteiger partial charge in [0.15, 0.2) is 0 Å². The monoisotopic (exact) mass is 509 g/mol. The molecule has 1 atom stereocenters. The van der Waals surface area contributed by atoms with Crippen molar-refractivity contribution < 1.29 is 19.4 Å².